The van der Waals surface area contributed by atoms with Crippen LogP contribution < -0.4 is 10.0 Å². The number of anilines is 1. The standard InChI is InChI=1S/C29H23ClN4O5S/c1-39-29(36)25(16-18-9-10-19-5-2-3-6-20(19)15-18)33-28(35)22-12-11-21(30)17-24(22)34-40(37,38)26-8-4-7-23-27(26)32-14-13-31-23/h2-15,17,25,34H,16H2,1H3,(H,33,35)/t25-/m0/s1. The third kappa shape index (κ3) is 5.73. The quantitative estimate of drug-likeness (QED) is 0.256. The Morgan fingerprint density at radius 1 is 0.925 bits per heavy atom. The fraction of sp³-hybridized carbons (Fsp3) is 0.103. The van der Waals surface area contributed by atoms with Gasteiger partial charge in [0.25, 0.3) is 15.9 Å². The van der Waals surface area contributed by atoms with Crippen molar-refractivity contribution >= 4 is 61.0 Å². The highest BCUT2D eigenvalue weighted by molar-refractivity contribution is 7.93. The van der Waals surface area contributed by atoms with Gasteiger partial charge in [-0.15, -0.1) is 0 Å². The lowest BCUT2D eigenvalue weighted by Gasteiger charge is -2.19. The van der Waals surface area contributed by atoms with Gasteiger partial charge in [-0.2, -0.15) is 0 Å². The SMILES string of the molecule is COC(=O)[C@H](Cc1ccc2ccccc2c1)NC(=O)c1ccc(Cl)cc1NS(=O)(=O)c1cccc2nccnc12. The number of hydrogen-bond donors (Lipinski definition) is 2. The summed E-state index contributed by atoms with van der Waals surface area (Å²) >= 11 is 6.16. The van der Waals surface area contributed by atoms with Gasteiger partial charge < -0.3 is 10.1 Å². The highest BCUT2D eigenvalue weighted by Crippen LogP contribution is 2.27. The molecule has 5 aromatic rings. The van der Waals surface area contributed by atoms with Crippen LogP contribution in [0, 0.1) is 0 Å². The number of fused-ring (bicyclic) bond motifs is 2. The molecule has 1 atom stereocenters. The molecule has 9 nitrogen and oxygen atoms in total. The number of para-hydroxylation sites is 1. The van der Waals surface area contributed by atoms with Crippen molar-refractivity contribution in [1.29, 1.82) is 0 Å². The van der Waals surface area contributed by atoms with Gasteiger partial charge in [0.1, 0.15) is 16.5 Å². The van der Waals surface area contributed by atoms with Crippen molar-refractivity contribution in [3.05, 3.63) is 107 Å². The second kappa shape index (κ2) is 11.3. The smallest absolute Gasteiger partial charge is 0.328 e. The summed E-state index contributed by atoms with van der Waals surface area (Å²) in [4.78, 5) is 34.2. The molecule has 1 heterocycles. The topological polar surface area (TPSA) is 127 Å². The molecule has 5 rings (SSSR count). The van der Waals surface area contributed by atoms with Crippen molar-refractivity contribution in [2.24, 2.45) is 0 Å². The zero-order valence-corrected chi connectivity index (χ0v) is 22.7. The molecular weight excluding hydrogens is 552 g/mol. The number of carbonyl (C=O) groups is 2. The van der Waals surface area contributed by atoms with E-state index >= 15 is 0 Å². The lowest BCUT2D eigenvalue weighted by atomic mass is 10.0. The second-order valence-electron chi connectivity index (χ2n) is 8.91. The number of halogens is 1. The van der Waals surface area contributed by atoms with E-state index in [0.29, 0.717) is 5.52 Å². The Balaban J connectivity index is 1.44. The molecule has 0 aliphatic heterocycles. The first-order chi connectivity index (χ1) is 19.2. The number of nitrogens with one attached hydrogen (secondary N) is 2. The highest BCUT2D eigenvalue weighted by atomic mass is 35.5. The number of amides is 1. The van der Waals surface area contributed by atoms with Crippen molar-refractivity contribution < 1.29 is 22.7 Å². The Kier molecular flexibility index (Phi) is 7.63. The van der Waals surface area contributed by atoms with Crippen LogP contribution in [0.1, 0.15) is 15.9 Å². The lowest BCUT2D eigenvalue weighted by molar-refractivity contribution is -0.142. The summed E-state index contributed by atoms with van der Waals surface area (Å²) in [6, 6.07) is 21.2. The van der Waals surface area contributed by atoms with E-state index in [1.165, 1.54) is 43.8 Å². The van der Waals surface area contributed by atoms with Crippen LogP contribution in [0.15, 0.2) is 96.2 Å². The molecule has 40 heavy (non-hydrogen) atoms. The summed E-state index contributed by atoms with van der Waals surface area (Å²) < 4.78 is 34.2. The minimum atomic E-state index is -4.21. The molecule has 0 saturated carbocycles. The lowest BCUT2D eigenvalue weighted by Crippen LogP contribution is -2.43. The van der Waals surface area contributed by atoms with E-state index in [-0.39, 0.29) is 33.1 Å². The van der Waals surface area contributed by atoms with Crippen LogP contribution >= 0.6 is 11.6 Å². The fourth-order valence-electron chi connectivity index (χ4n) is 4.35. The number of sulfonamides is 1. The number of nitrogens with zero attached hydrogens (tertiary/aromatic N) is 2. The molecule has 0 fully saturated rings. The van der Waals surface area contributed by atoms with Gasteiger partial charge in [-0.1, -0.05) is 60.1 Å². The van der Waals surface area contributed by atoms with E-state index in [0.717, 1.165) is 16.3 Å². The predicted molar refractivity (Wildman–Crippen MR) is 153 cm³/mol. The first kappa shape index (κ1) is 27.0. The molecule has 0 radical (unpaired) electrons. The molecule has 4 aromatic carbocycles. The third-order valence-electron chi connectivity index (χ3n) is 6.27. The molecule has 1 amide bonds. The number of esters is 1. The normalized spacial score (nSPS) is 12.2. The minimum absolute atomic E-state index is 0.0355. The van der Waals surface area contributed by atoms with Gasteiger partial charge in [-0.25, -0.2) is 13.2 Å². The van der Waals surface area contributed by atoms with E-state index in [9.17, 15) is 18.0 Å². The molecule has 0 aliphatic carbocycles. The summed E-state index contributed by atoms with van der Waals surface area (Å²) in [5.74, 6) is -1.34. The Morgan fingerprint density at radius 3 is 2.50 bits per heavy atom. The van der Waals surface area contributed by atoms with Crippen molar-refractivity contribution in [1.82, 2.24) is 15.3 Å². The number of aromatic nitrogens is 2. The monoisotopic (exact) mass is 574 g/mol. The van der Waals surface area contributed by atoms with Crippen LogP contribution in [0.4, 0.5) is 5.69 Å². The summed E-state index contributed by atoms with van der Waals surface area (Å²) in [6.07, 6.45) is 3.01. The average Bonchev–Trinajstić information content (AvgIpc) is 2.95. The molecular formula is C29H23ClN4O5S. The molecule has 2 N–H and O–H groups in total. The number of ether oxygens (including phenoxy) is 1. The number of benzene rings is 4. The molecule has 0 saturated heterocycles. The van der Waals surface area contributed by atoms with Gasteiger partial charge in [-0.05, 0) is 46.7 Å². The van der Waals surface area contributed by atoms with Crippen molar-refractivity contribution in [2.45, 2.75) is 17.4 Å². The van der Waals surface area contributed by atoms with E-state index in [1.807, 2.05) is 42.5 Å². The maximum Gasteiger partial charge on any atom is 0.328 e. The number of rotatable bonds is 8. The number of hydrogen-bond acceptors (Lipinski definition) is 7. The Bertz CT molecular complexity index is 1860. The predicted octanol–water partition coefficient (Wildman–Crippen LogP) is 4.75. The average molecular weight is 575 g/mol. The zero-order valence-electron chi connectivity index (χ0n) is 21.2. The maximum absolute atomic E-state index is 13.4. The molecule has 1 aromatic heterocycles. The van der Waals surface area contributed by atoms with Crippen molar-refractivity contribution in [3.8, 4) is 0 Å². The van der Waals surface area contributed by atoms with Crippen molar-refractivity contribution in [2.75, 3.05) is 11.8 Å². The van der Waals surface area contributed by atoms with Gasteiger partial charge in [0.2, 0.25) is 0 Å². The summed E-state index contributed by atoms with van der Waals surface area (Å²) in [6.45, 7) is 0. The van der Waals surface area contributed by atoms with Gasteiger partial charge in [0.15, 0.2) is 0 Å². The van der Waals surface area contributed by atoms with Gasteiger partial charge in [-0.3, -0.25) is 19.5 Å². The number of carbonyl (C=O) groups excluding carboxylic acids is 2. The molecule has 202 valence electrons. The van der Waals surface area contributed by atoms with Crippen LogP contribution in [-0.4, -0.2) is 43.4 Å². The second-order valence-corrected chi connectivity index (χ2v) is 11.0. The van der Waals surface area contributed by atoms with Gasteiger partial charge in [0.05, 0.1) is 23.9 Å². The molecule has 0 unspecified atom stereocenters. The van der Waals surface area contributed by atoms with E-state index in [1.54, 1.807) is 12.1 Å². The van der Waals surface area contributed by atoms with E-state index in [2.05, 4.69) is 20.0 Å². The van der Waals surface area contributed by atoms with E-state index in [4.69, 9.17) is 16.3 Å². The largest absolute Gasteiger partial charge is 0.467 e. The minimum Gasteiger partial charge on any atom is -0.467 e. The first-order valence-electron chi connectivity index (χ1n) is 12.1. The first-order valence-corrected chi connectivity index (χ1v) is 14.0. The van der Waals surface area contributed by atoms with Crippen LogP contribution in [0.3, 0.4) is 0 Å². The molecule has 0 aliphatic rings. The molecule has 0 spiro atoms. The summed E-state index contributed by atoms with van der Waals surface area (Å²) in [5.41, 5.74) is 1.27. The van der Waals surface area contributed by atoms with Crippen LogP contribution in [0.2, 0.25) is 5.02 Å². The Hall–Kier alpha value is -4.54. The summed E-state index contributed by atoms with van der Waals surface area (Å²) in [5, 5.41) is 4.91. The van der Waals surface area contributed by atoms with Gasteiger partial charge >= 0.3 is 5.97 Å². The Labute approximate surface area is 235 Å². The highest BCUT2D eigenvalue weighted by Gasteiger charge is 2.26. The maximum atomic E-state index is 13.4. The Morgan fingerprint density at radius 2 is 1.70 bits per heavy atom. The van der Waals surface area contributed by atoms with Gasteiger partial charge in [0, 0.05) is 23.8 Å². The van der Waals surface area contributed by atoms with Crippen molar-refractivity contribution in [3.63, 3.8) is 0 Å². The summed E-state index contributed by atoms with van der Waals surface area (Å²) in [7, 11) is -2.98. The molecule has 11 heteroatoms. The van der Waals surface area contributed by atoms with E-state index < -0.39 is 27.9 Å². The third-order valence-corrected chi connectivity index (χ3v) is 7.90. The zero-order chi connectivity index (χ0) is 28.3. The van der Waals surface area contributed by atoms with Crippen LogP contribution in [-0.2, 0) is 26.0 Å². The number of methoxy groups -OCH3 is 1. The van der Waals surface area contributed by atoms with Crippen LogP contribution in [0.5, 0.6) is 0 Å². The van der Waals surface area contributed by atoms with Crippen LogP contribution in [0.25, 0.3) is 21.8 Å². The molecule has 0 bridgehead atoms. The fourth-order valence-corrected chi connectivity index (χ4v) is 5.76.